The van der Waals surface area contributed by atoms with Crippen molar-refractivity contribution in [2.75, 3.05) is 13.7 Å². The SMILES string of the molecule is CCOC(=O)C(C(=O)C(C)(C)SCc1ccc(OC)cc1)c1c(C)cc(CC)cc1C.CCc1cc(C)c(C2=C(O)C(C)(C)SC2=O)c(C)c1. The molecule has 1 aliphatic rings. The number of hydrogen-bond acceptors (Lipinski definition) is 8. The van der Waals surface area contributed by atoms with Crippen molar-refractivity contribution in [3.8, 4) is 5.75 Å². The first-order valence-corrected chi connectivity index (χ1v) is 19.1. The number of benzene rings is 3. The first kappa shape index (κ1) is 40.9. The van der Waals surface area contributed by atoms with Gasteiger partial charge in [-0.15, -0.1) is 11.8 Å². The van der Waals surface area contributed by atoms with Crippen molar-refractivity contribution in [3.63, 3.8) is 0 Å². The number of methoxy groups -OCH3 is 1. The second-order valence-electron chi connectivity index (χ2n) is 13.8. The van der Waals surface area contributed by atoms with Gasteiger partial charge < -0.3 is 14.6 Å². The molecule has 50 heavy (non-hydrogen) atoms. The maximum absolute atomic E-state index is 13.7. The van der Waals surface area contributed by atoms with Crippen molar-refractivity contribution in [1.29, 1.82) is 0 Å². The van der Waals surface area contributed by atoms with E-state index in [0.29, 0.717) is 11.3 Å². The number of rotatable bonds is 12. The van der Waals surface area contributed by atoms with Crippen molar-refractivity contribution in [2.45, 2.75) is 110 Å². The molecule has 1 atom stereocenters. The third-order valence-corrected chi connectivity index (χ3v) is 11.6. The summed E-state index contributed by atoms with van der Waals surface area (Å²) in [6, 6.07) is 16.2. The van der Waals surface area contributed by atoms with Crippen LogP contribution < -0.4 is 4.74 Å². The van der Waals surface area contributed by atoms with E-state index in [1.54, 1.807) is 14.0 Å². The molecule has 8 heteroatoms. The zero-order valence-electron chi connectivity index (χ0n) is 31.8. The van der Waals surface area contributed by atoms with Crippen LogP contribution in [0.25, 0.3) is 5.57 Å². The van der Waals surface area contributed by atoms with Gasteiger partial charge in [-0.2, -0.15) is 0 Å². The summed E-state index contributed by atoms with van der Waals surface area (Å²) in [6.45, 7) is 21.7. The van der Waals surface area contributed by atoms with Crippen LogP contribution in [-0.4, -0.2) is 45.2 Å². The number of ketones is 1. The van der Waals surface area contributed by atoms with Crippen LogP contribution in [0, 0.1) is 27.7 Å². The molecule has 0 spiro atoms. The number of thioether (sulfide) groups is 2. The largest absolute Gasteiger partial charge is 0.510 e. The van der Waals surface area contributed by atoms with E-state index in [1.807, 2.05) is 79.7 Å². The topological polar surface area (TPSA) is 89.9 Å². The molecule has 3 aromatic rings. The highest BCUT2D eigenvalue weighted by molar-refractivity contribution is 8.16. The molecular formula is C42H54O6S2. The minimum absolute atomic E-state index is 0.0297. The van der Waals surface area contributed by atoms with E-state index in [4.69, 9.17) is 9.47 Å². The molecule has 0 aliphatic carbocycles. The molecule has 1 aliphatic heterocycles. The van der Waals surface area contributed by atoms with Crippen molar-refractivity contribution in [2.24, 2.45) is 0 Å². The van der Waals surface area contributed by atoms with E-state index < -0.39 is 21.4 Å². The van der Waals surface area contributed by atoms with E-state index in [9.17, 15) is 19.5 Å². The average molecular weight is 719 g/mol. The number of aliphatic hydroxyl groups is 1. The van der Waals surface area contributed by atoms with Crippen molar-refractivity contribution in [3.05, 3.63) is 104 Å². The third kappa shape index (κ3) is 9.43. The summed E-state index contributed by atoms with van der Waals surface area (Å²) in [7, 11) is 1.64. The number of ether oxygens (including phenoxy) is 2. The Labute approximate surface area is 307 Å². The zero-order valence-corrected chi connectivity index (χ0v) is 33.5. The lowest BCUT2D eigenvalue weighted by molar-refractivity contribution is -0.148. The molecule has 1 heterocycles. The monoisotopic (exact) mass is 718 g/mol. The molecule has 0 bridgehead atoms. The van der Waals surface area contributed by atoms with E-state index >= 15 is 0 Å². The van der Waals surface area contributed by atoms with Crippen LogP contribution >= 0.6 is 23.5 Å². The summed E-state index contributed by atoms with van der Waals surface area (Å²) >= 11 is 2.73. The first-order chi connectivity index (χ1) is 23.4. The molecule has 0 aromatic heterocycles. The number of carbonyl (C=O) groups excluding carboxylic acids is 3. The number of aliphatic hydroxyl groups excluding tert-OH is 1. The Morgan fingerprint density at radius 1 is 0.860 bits per heavy atom. The smallest absolute Gasteiger partial charge is 0.321 e. The molecule has 0 radical (unpaired) electrons. The summed E-state index contributed by atoms with van der Waals surface area (Å²) in [5.41, 5.74) is 9.76. The van der Waals surface area contributed by atoms with Gasteiger partial charge in [0.15, 0.2) is 5.78 Å². The van der Waals surface area contributed by atoms with E-state index in [-0.39, 0.29) is 23.3 Å². The highest BCUT2D eigenvalue weighted by atomic mass is 32.2. The predicted octanol–water partition coefficient (Wildman–Crippen LogP) is 9.99. The number of carbonyl (C=O) groups is 3. The summed E-state index contributed by atoms with van der Waals surface area (Å²) in [5, 5.41) is 10.3. The maximum atomic E-state index is 13.7. The van der Waals surface area contributed by atoms with Gasteiger partial charge in [-0.3, -0.25) is 14.4 Å². The lowest BCUT2D eigenvalue weighted by atomic mass is 9.82. The Kier molecular flexibility index (Phi) is 14.0. The van der Waals surface area contributed by atoms with Crippen LogP contribution in [0.3, 0.4) is 0 Å². The second kappa shape index (κ2) is 17.1. The molecule has 6 nitrogen and oxygen atoms in total. The van der Waals surface area contributed by atoms with Gasteiger partial charge in [-0.05, 0) is 137 Å². The minimum Gasteiger partial charge on any atom is -0.510 e. The number of Topliss-reactive ketones (excluding diaryl/α,β-unsaturated/α-hetero) is 1. The number of aryl methyl sites for hydroxylation is 6. The van der Waals surface area contributed by atoms with Crippen LogP contribution in [0.4, 0.5) is 0 Å². The fraction of sp³-hybridized carbons (Fsp3) is 0.452. The Bertz CT molecular complexity index is 1700. The Balaban J connectivity index is 0.000000303. The first-order valence-electron chi connectivity index (χ1n) is 17.3. The predicted molar refractivity (Wildman–Crippen MR) is 210 cm³/mol. The molecule has 270 valence electrons. The normalized spacial score (nSPS) is 14.6. The molecule has 1 unspecified atom stereocenters. The van der Waals surface area contributed by atoms with Gasteiger partial charge in [0.1, 0.15) is 17.4 Å². The molecule has 4 rings (SSSR count). The Morgan fingerprint density at radius 2 is 1.36 bits per heavy atom. The lowest BCUT2D eigenvalue weighted by Crippen LogP contribution is -2.38. The quantitative estimate of drug-likeness (QED) is 0.146. The number of hydrogen-bond donors (Lipinski definition) is 1. The van der Waals surface area contributed by atoms with Crippen LogP contribution in [0.5, 0.6) is 5.75 Å². The van der Waals surface area contributed by atoms with E-state index in [0.717, 1.165) is 57.5 Å². The summed E-state index contributed by atoms with van der Waals surface area (Å²) in [6.07, 6.45) is 1.88. The standard InChI is InChI=1S/C26H34O4S.C16H20O2S/c1-8-19-14-17(3)22(18(4)15-19)23(25(28)30-9-2)24(27)26(5,6)31-16-20-10-12-21(29-7)13-11-20;1-6-11-7-9(2)12(10(3)8-11)13-14(17)16(4,5)19-15(13)18/h10-15,23H,8-9,16H2,1-7H3;7-8,17H,6H2,1-5H3. The summed E-state index contributed by atoms with van der Waals surface area (Å²) < 4.78 is 9.27. The fourth-order valence-electron chi connectivity index (χ4n) is 6.31. The van der Waals surface area contributed by atoms with Gasteiger partial charge in [0.25, 0.3) is 0 Å². The van der Waals surface area contributed by atoms with Gasteiger partial charge in [0, 0.05) is 5.75 Å². The van der Waals surface area contributed by atoms with Crippen molar-refractivity contribution >= 4 is 46.0 Å². The lowest BCUT2D eigenvalue weighted by Gasteiger charge is -2.29. The molecule has 1 N–H and O–H groups in total. The average Bonchev–Trinajstić information content (AvgIpc) is 3.26. The minimum atomic E-state index is -0.927. The summed E-state index contributed by atoms with van der Waals surface area (Å²) in [5.74, 6) is 0.140. The van der Waals surface area contributed by atoms with Gasteiger partial charge in [-0.1, -0.05) is 62.0 Å². The van der Waals surface area contributed by atoms with Crippen LogP contribution in [-0.2, 0) is 37.7 Å². The molecular weight excluding hydrogens is 665 g/mol. The van der Waals surface area contributed by atoms with Gasteiger partial charge in [-0.25, -0.2) is 0 Å². The molecule has 0 saturated carbocycles. The summed E-state index contributed by atoms with van der Waals surface area (Å²) in [4.78, 5) is 38.9. The van der Waals surface area contributed by atoms with Gasteiger partial charge in [0.2, 0.25) is 5.12 Å². The molecule has 0 fully saturated rings. The highest BCUT2D eigenvalue weighted by Gasteiger charge is 2.42. The molecule has 0 saturated heterocycles. The van der Waals surface area contributed by atoms with Gasteiger partial charge >= 0.3 is 5.97 Å². The number of esters is 1. The third-order valence-electron chi connectivity index (χ3n) is 9.10. The highest BCUT2D eigenvalue weighted by Crippen LogP contribution is 2.47. The van der Waals surface area contributed by atoms with Crippen LogP contribution in [0.2, 0.25) is 0 Å². The van der Waals surface area contributed by atoms with Crippen LogP contribution in [0.15, 0.2) is 54.3 Å². The van der Waals surface area contributed by atoms with Gasteiger partial charge in [0.05, 0.1) is 28.8 Å². The van der Waals surface area contributed by atoms with Crippen molar-refractivity contribution in [1.82, 2.24) is 0 Å². The Morgan fingerprint density at radius 3 is 1.78 bits per heavy atom. The zero-order chi connectivity index (χ0) is 37.6. The van der Waals surface area contributed by atoms with Crippen molar-refractivity contribution < 1.29 is 29.0 Å². The van der Waals surface area contributed by atoms with Crippen LogP contribution in [0.1, 0.15) is 104 Å². The second-order valence-corrected chi connectivity index (χ2v) is 17.0. The molecule has 0 amide bonds. The van der Waals surface area contributed by atoms with E-state index in [1.165, 1.54) is 34.7 Å². The van der Waals surface area contributed by atoms with E-state index in [2.05, 4.69) is 38.1 Å². The fourth-order valence-corrected chi connectivity index (χ4v) is 8.25. The Hall–Kier alpha value is -3.49. The molecule has 3 aromatic carbocycles. The maximum Gasteiger partial charge on any atom is 0.321 e.